The number of rotatable bonds is 3. The molecule has 3 rings (SSSR count). The minimum atomic E-state index is -0.423. The molecule has 0 aliphatic carbocycles. The number of halogens is 2. The van der Waals surface area contributed by atoms with Gasteiger partial charge < -0.3 is 10.2 Å². The molecule has 2 aromatic carbocycles. The molecule has 1 aliphatic rings. The van der Waals surface area contributed by atoms with Crippen molar-refractivity contribution < 1.29 is 9.59 Å². The molecular formula is C18H16Cl2N2O2. The van der Waals surface area contributed by atoms with E-state index in [1.807, 2.05) is 31.2 Å². The van der Waals surface area contributed by atoms with Gasteiger partial charge in [0.05, 0.1) is 21.7 Å². The fourth-order valence-corrected chi connectivity index (χ4v) is 3.18. The molecule has 2 amide bonds. The van der Waals surface area contributed by atoms with Crippen LogP contribution in [-0.2, 0) is 9.59 Å². The van der Waals surface area contributed by atoms with Gasteiger partial charge in [-0.05, 0) is 36.8 Å². The number of carbonyl (C=O) groups excluding carboxylic acids is 2. The van der Waals surface area contributed by atoms with E-state index in [0.717, 1.165) is 11.3 Å². The molecule has 1 fully saturated rings. The molecule has 0 unspecified atom stereocenters. The monoisotopic (exact) mass is 362 g/mol. The maximum Gasteiger partial charge on any atom is 0.229 e. The van der Waals surface area contributed by atoms with Crippen molar-refractivity contribution in [1.29, 1.82) is 0 Å². The summed E-state index contributed by atoms with van der Waals surface area (Å²) >= 11 is 12.2. The van der Waals surface area contributed by atoms with E-state index in [1.54, 1.807) is 18.2 Å². The van der Waals surface area contributed by atoms with Crippen molar-refractivity contribution in [2.45, 2.75) is 13.3 Å². The molecule has 0 spiro atoms. The maximum absolute atomic E-state index is 12.5. The van der Waals surface area contributed by atoms with Crippen LogP contribution in [0.25, 0.3) is 0 Å². The SMILES string of the molecule is Cc1cccc(NC(=O)[C@H]2CC(=O)N(c3cccc(Cl)c3Cl)C2)c1. The number of hydrogen-bond acceptors (Lipinski definition) is 2. The van der Waals surface area contributed by atoms with Crippen LogP contribution in [0.5, 0.6) is 0 Å². The normalized spacial score (nSPS) is 17.2. The van der Waals surface area contributed by atoms with Gasteiger partial charge in [-0.3, -0.25) is 9.59 Å². The highest BCUT2D eigenvalue weighted by molar-refractivity contribution is 6.44. The van der Waals surface area contributed by atoms with Crippen molar-refractivity contribution in [3.8, 4) is 0 Å². The first-order chi connectivity index (χ1) is 11.5. The minimum absolute atomic E-state index is 0.136. The van der Waals surface area contributed by atoms with Crippen LogP contribution in [-0.4, -0.2) is 18.4 Å². The van der Waals surface area contributed by atoms with E-state index in [9.17, 15) is 9.59 Å². The van der Waals surface area contributed by atoms with Gasteiger partial charge in [-0.25, -0.2) is 0 Å². The molecule has 1 saturated heterocycles. The van der Waals surface area contributed by atoms with Gasteiger partial charge >= 0.3 is 0 Å². The first-order valence-corrected chi connectivity index (χ1v) is 8.33. The predicted octanol–water partition coefficient (Wildman–Crippen LogP) is 4.29. The Labute approximate surface area is 150 Å². The molecule has 1 N–H and O–H groups in total. The average Bonchev–Trinajstić information content (AvgIpc) is 2.92. The highest BCUT2D eigenvalue weighted by Crippen LogP contribution is 2.35. The lowest BCUT2D eigenvalue weighted by Crippen LogP contribution is -2.28. The molecule has 1 heterocycles. The third kappa shape index (κ3) is 3.40. The van der Waals surface area contributed by atoms with Crippen LogP contribution in [0.15, 0.2) is 42.5 Å². The van der Waals surface area contributed by atoms with Crippen molar-refractivity contribution >= 4 is 46.4 Å². The number of nitrogens with one attached hydrogen (secondary N) is 1. The molecule has 124 valence electrons. The second-order valence-corrected chi connectivity index (χ2v) is 6.62. The van der Waals surface area contributed by atoms with Gasteiger partial charge in [0.15, 0.2) is 0 Å². The Hall–Kier alpha value is -2.04. The van der Waals surface area contributed by atoms with Crippen LogP contribution in [0.1, 0.15) is 12.0 Å². The number of carbonyl (C=O) groups is 2. The van der Waals surface area contributed by atoms with Crippen LogP contribution < -0.4 is 10.2 Å². The van der Waals surface area contributed by atoms with Gasteiger partial charge in [0.1, 0.15) is 0 Å². The number of hydrogen-bond donors (Lipinski definition) is 1. The first-order valence-electron chi connectivity index (χ1n) is 7.57. The quantitative estimate of drug-likeness (QED) is 0.884. The van der Waals surface area contributed by atoms with E-state index in [2.05, 4.69) is 5.32 Å². The van der Waals surface area contributed by atoms with Crippen LogP contribution in [0.4, 0.5) is 11.4 Å². The summed E-state index contributed by atoms with van der Waals surface area (Å²) in [5, 5.41) is 3.58. The van der Waals surface area contributed by atoms with Gasteiger partial charge in [0.2, 0.25) is 11.8 Å². The lowest BCUT2D eigenvalue weighted by molar-refractivity contribution is -0.122. The Morgan fingerprint density at radius 2 is 1.96 bits per heavy atom. The Bertz CT molecular complexity index is 807. The standard InChI is InChI=1S/C18H16Cl2N2O2/c1-11-4-2-5-13(8-11)21-18(24)12-9-16(23)22(10-12)15-7-3-6-14(19)17(15)20/h2-8,12H,9-10H2,1H3,(H,21,24)/t12-/m0/s1. The molecular weight excluding hydrogens is 347 g/mol. The molecule has 24 heavy (non-hydrogen) atoms. The van der Waals surface area contributed by atoms with Crippen LogP contribution in [0.3, 0.4) is 0 Å². The summed E-state index contributed by atoms with van der Waals surface area (Å²) in [7, 11) is 0. The van der Waals surface area contributed by atoms with E-state index in [-0.39, 0.29) is 24.8 Å². The Kier molecular flexibility index (Phi) is 4.78. The van der Waals surface area contributed by atoms with Gasteiger partial charge in [-0.1, -0.05) is 41.4 Å². The fraction of sp³-hybridized carbons (Fsp3) is 0.222. The lowest BCUT2D eigenvalue weighted by Gasteiger charge is -2.18. The molecule has 0 radical (unpaired) electrons. The average molecular weight is 363 g/mol. The third-order valence-electron chi connectivity index (χ3n) is 4.00. The van der Waals surface area contributed by atoms with E-state index in [1.165, 1.54) is 4.90 Å². The van der Waals surface area contributed by atoms with Gasteiger partial charge in [0.25, 0.3) is 0 Å². The smallest absolute Gasteiger partial charge is 0.229 e. The number of anilines is 2. The molecule has 0 saturated carbocycles. The van der Waals surface area contributed by atoms with Crippen LogP contribution in [0.2, 0.25) is 10.0 Å². The summed E-state index contributed by atoms with van der Waals surface area (Å²) in [6.07, 6.45) is 0.153. The molecule has 1 aliphatic heterocycles. The Balaban J connectivity index is 1.74. The highest BCUT2D eigenvalue weighted by Gasteiger charge is 2.36. The zero-order valence-corrected chi connectivity index (χ0v) is 14.6. The minimum Gasteiger partial charge on any atom is -0.326 e. The number of amides is 2. The Morgan fingerprint density at radius 1 is 1.21 bits per heavy atom. The second kappa shape index (κ2) is 6.83. The molecule has 1 atom stereocenters. The summed E-state index contributed by atoms with van der Waals surface area (Å²) in [6, 6.07) is 12.7. The molecule has 4 nitrogen and oxygen atoms in total. The first kappa shape index (κ1) is 16.8. The summed E-state index contributed by atoms with van der Waals surface area (Å²) < 4.78 is 0. The maximum atomic E-state index is 12.5. The van der Waals surface area contributed by atoms with E-state index in [4.69, 9.17) is 23.2 Å². The van der Waals surface area contributed by atoms with Crippen molar-refractivity contribution in [3.63, 3.8) is 0 Å². The number of aryl methyl sites for hydroxylation is 1. The summed E-state index contributed by atoms with van der Waals surface area (Å²) in [4.78, 5) is 26.3. The molecule has 0 aromatic heterocycles. The zero-order valence-electron chi connectivity index (χ0n) is 13.1. The predicted molar refractivity (Wildman–Crippen MR) is 96.7 cm³/mol. The van der Waals surface area contributed by atoms with Gasteiger partial charge in [-0.2, -0.15) is 0 Å². The lowest BCUT2D eigenvalue weighted by atomic mass is 10.1. The topological polar surface area (TPSA) is 49.4 Å². The van der Waals surface area contributed by atoms with E-state index < -0.39 is 5.92 Å². The van der Waals surface area contributed by atoms with Crippen molar-refractivity contribution in [2.24, 2.45) is 5.92 Å². The highest BCUT2D eigenvalue weighted by atomic mass is 35.5. The van der Waals surface area contributed by atoms with Gasteiger partial charge in [0, 0.05) is 18.7 Å². The summed E-state index contributed by atoms with van der Waals surface area (Å²) in [6.45, 7) is 2.24. The largest absolute Gasteiger partial charge is 0.326 e. The molecule has 6 heteroatoms. The summed E-state index contributed by atoms with van der Waals surface area (Å²) in [5.41, 5.74) is 2.33. The summed E-state index contributed by atoms with van der Waals surface area (Å²) in [5.74, 6) is -0.730. The second-order valence-electron chi connectivity index (χ2n) is 5.84. The van der Waals surface area contributed by atoms with Crippen molar-refractivity contribution in [1.82, 2.24) is 0 Å². The van der Waals surface area contributed by atoms with Crippen molar-refractivity contribution in [2.75, 3.05) is 16.8 Å². The van der Waals surface area contributed by atoms with E-state index in [0.29, 0.717) is 15.7 Å². The zero-order chi connectivity index (χ0) is 17.3. The van der Waals surface area contributed by atoms with Crippen LogP contribution >= 0.6 is 23.2 Å². The number of nitrogens with zero attached hydrogens (tertiary/aromatic N) is 1. The van der Waals surface area contributed by atoms with E-state index >= 15 is 0 Å². The fourth-order valence-electron chi connectivity index (χ4n) is 2.78. The van der Waals surface area contributed by atoms with Gasteiger partial charge in [-0.15, -0.1) is 0 Å². The van der Waals surface area contributed by atoms with Crippen LogP contribution in [0, 0.1) is 12.8 Å². The Morgan fingerprint density at radius 3 is 2.71 bits per heavy atom. The third-order valence-corrected chi connectivity index (χ3v) is 4.81. The molecule has 2 aromatic rings. The molecule has 0 bridgehead atoms. The van der Waals surface area contributed by atoms with Crippen molar-refractivity contribution in [3.05, 3.63) is 58.1 Å². The number of benzene rings is 2.